The molecule has 0 radical (unpaired) electrons. The van der Waals surface area contributed by atoms with Crippen molar-refractivity contribution in [2.24, 2.45) is 144 Å². The van der Waals surface area contributed by atoms with Crippen molar-refractivity contribution < 1.29 is 198 Å². The van der Waals surface area contributed by atoms with E-state index in [1.807, 2.05) is 41.5 Å². The van der Waals surface area contributed by atoms with Crippen LogP contribution in [0, 0.1) is 144 Å². The highest BCUT2D eigenvalue weighted by Crippen LogP contribution is 2.54. The lowest BCUT2D eigenvalue weighted by atomic mass is 9.69. The molecule has 0 aliphatic heterocycles. The van der Waals surface area contributed by atoms with Crippen LogP contribution >= 0.6 is 0 Å². The Labute approximate surface area is 819 Å². The van der Waals surface area contributed by atoms with Crippen molar-refractivity contribution in [3.8, 4) is 0 Å². The Kier molecular flexibility index (Phi) is 76.6. The first kappa shape index (κ1) is 167. The van der Waals surface area contributed by atoms with E-state index in [0.717, 1.165) is 0 Å². The Bertz CT molecular complexity index is 2870. The van der Waals surface area contributed by atoms with E-state index in [1.165, 1.54) is 104 Å². The lowest BCUT2D eigenvalue weighted by Crippen LogP contribution is -2.43. The Hall–Kier alpha value is -3.15. The summed E-state index contributed by atoms with van der Waals surface area (Å²) in [5, 5.41) is 0. The van der Waals surface area contributed by atoms with Crippen molar-refractivity contribution in [1.29, 1.82) is 0 Å². The molecule has 878 valence electrons. The average Bonchev–Trinajstić information content (AvgIpc) is 0.789. The molecule has 0 aromatic rings. The zero-order valence-electron chi connectivity index (χ0n) is 91.5. The molecule has 5 unspecified atom stereocenters. The molecule has 0 spiro atoms. The fourth-order valence-corrected chi connectivity index (χ4v) is 9.39. The van der Waals surface area contributed by atoms with Gasteiger partial charge in [0.2, 0.25) is 0 Å². The minimum absolute atomic E-state index is 0.0362. The molecule has 0 aliphatic rings. The van der Waals surface area contributed by atoms with Crippen LogP contribution in [-0.2, 0) is 0 Å². The highest BCUT2D eigenvalue weighted by molar-refractivity contribution is 4.90. The van der Waals surface area contributed by atoms with Gasteiger partial charge in [-0.25, -0.2) is 0 Å². The van der Waals surface area contributed by atoms with Crippen LogP contribution < -0.4 is 0 Å². The molecule has 9 atom stereocenters. The first-order valence-electron chi connectivity index (χ1n) is 46.9. The maximum absolute atomic E-state index is 12.3. The molecule has 45 heteroatoms. The first-order valence-corrected chi connectivity index (χ1v) is 46.9. The highest BCUT2D eigenvalue weighted by Gasteiger charge is 2.60. The molecule has 142 heavy (non-hydrogen) atoms. The maximum atomic E-state index is 12.3. The number of alkyl halides is 45. The summed E-state index contributed by atoms with van der Waals surface area (Å²) in [6.45, 7) is 67.6. The van der Waals surface area contributed by atoms with Crippen LogP contribution in [-0.4, -0.2) is 92.6 Å². The monoisotopic (exact) mass is 2200 g/mol. The van der Waals surface area contributed by atoms with Crippen LogP contribution in [0.5, 0.6) is 0 Å². The van der Waals surface area contributed by atoms with Crippen LogP contribution in [0.1, 0.15) is 388 Å². The van der Waals surface area contributed by atoms with Gasteiger partial charge in [0.15, 0.2) is 11.8 Å². The summed E-state index contributed by atoms with van der Waals surface area (Å²) in [5.41, 5.74) is -9.10. The fourth-order valence-electron chi connectivity index (χ4n) is 9.39. The fraction of sp³-hybridized carbons (Fsp3) is 1.00. The molecule has 0 heterocycles. The Morgan fingerprint density at radius 1 is 0.254 bits per heavy atom. The molecule has 0 nitrogen and oxygen atoms in total. The van der Waals surface area contributed by atoms with Crippen molar-refractivity contribution in [2.45, 2.75) is 481 Å². The van der Waals surface area contributed by atoms with Gasteiger partial charge in [0.05, 0.1) is 51.2 Å². The van der Waals surface area contributed by atoms with Crippen molar-refractivity contribution >= 4 is 0 Å². The number of hydrogen-bond donors (Lipinski definition) is 0. The molecule has 0 saturated heterocycles. The van der Waals surface area contributed by atoms with Gasteiger partial charge in [-0.05, 0) is 100 Å². The Morgan fingerprint density at radius 3 is 0.585 bits per heavy atom. The third-order valence-corrected chi connectivity index (χ3v) is 27.3. The van der Waals surface area contributed by atoms with Crippen LogP contribution in [0.15, 0.2) is 0 Å². The predicted octanol–water partition coefficient (Wildman–Crippen LogP) is 45.6. The largest absolute Gasteiger partial charge is 0.400 e. The third-order valence-electron chi connectivity index (χ3n) is 27.3. The zero-order valence-corrected chi connectivity index (χ0v) is 91.5. The van der Waals surface area contributed by atoms with Crippen LogP contribution in [0.25, 0.3) is 0 Å². The van der Waals surface area contributed by atoms with Crippen molar-refractivity contribution in [3.63, 3.8) is 0 Å². The minimum Gasteiger partial charge on any atom is -0.171 e. The number of rotatable bonds is 23. The molecular formula is C97H175F45. The lowest BCUT2D eigenvalue weighted by molar-refractivity contribution is -0.288. The van der Waals surface area contributed by atoms with Crippen LogP contribution in [0.3, 0.4) is 0 Å². The molecule has 0 saturated carbocycles. The average molecular weight is 2200 g/mol. The van der Waals surface area contributed by atoms with E-state index in [0.29, 0.717) is 44.9 Å². The highest BCUT2D eigenvalue weighted by atomic mass is 19.5. The van der Waals surface area contributed by atoms with Crippen LogP contribution in [0.4, 0.5) is 198 Å². The summed E-state index contributed by atoms with van der Waals surface area (Å²) in [7, 11) is 0. The van der Waals surface area contributed by atoms with Gasteiger partial charge < -0.3 is 0 Å². The second-order valence-electron chi connectivity index (χ2n) is 43.6. The summed E-state index contributed by atoms with van der Waals surface area (Å²) in [4.78, 5) is 0. The number of unbranched alkanes of at least 4 members (excludes halogenated alkanes) is 1. The molecular weight excluding hydrogens is 2020 g/mol. The second kappa shape index (κ2) is 65.3. The zero-order chi connectivity index (χ0) is 120. The molecule has 0 rings (SSSR count). The van der Waals surface area contributed by atoms with E-state index >= 15 is 0 Å². The van der Waals surface area contributed by atoms with Crippen molar-refractivity contribution in [2.75, 3.05) is 0 Å². The smallest absolute Gasteiger partial charge is 0.171 e. The molecule has 0 fully saturated rings. The number of hydrogen-bond acceptors (Lipinski definition) is 0. The van der Waals surface area contributed by atoms with E-state index < -0.39 is 209 Å². The molecule has 0 amide bonds. The normalized spacial score (nSPS) is 15.7. The summed E-state index contributed by atoms with van der Waals surface area (Å²) < 4.78 is 539. The molecule has 0 N–H and O–H groups in total. The van der Waals surface area contributed by atoms with Gasteiger partial charge in [-0.1, -0.05) is 356 Å². The third kappa shape index (κ3) is 77.2. The van der Waals surface area contributed by atoms with E-state index in [2.05, 4.69) is 0 Å². The summed E-state index contributed by atoms with van der Waals surface area (Å²) in [5.74, 6) is -14.4. The summed E-state index contributed by atoms with van der Waals surface area (Å²) in [6, 6.07) is 0. The molecule has 0 aliphatic carbocycles. The van der Waals surface area contributed by atoms with Crippen molar-refractivity contribution in [1.82, 2.24) is 0 Å². The van der Waals surface area contributed by atoms with Gasteiger partial charge in [0.1, 0.15) is 0 Å². The van der Waals surface area contributed by atoms with Gasteiger partial charge in [0, 0.05) is 12.8 Å². The topological polar surface area (TPSA) is 0 Å². The second-order valence-corrected chi connectivity index (χ2v) is 43.6. The van der Waals surface area contributed by atoms with E-state index in [1.54, 1.807) is 159 Å². The summed E-state index contributed by atoms with van der Waals surface area (Å²) >= 11 is 0. The quantitative estimate of drug-likeness (QED) is 0.0895. The van der Waals surface area contributed by atoms with Crippen LogP contribution in [0.2, 0.25) is 0 Å². The van der Waals surface area contributed by atoms with E-state index in [-0.39, 0.29) is 66.1 Å². The SMILES string of the molecule is CC(C)(C)C(C)(C)C(F)(F)F.CC(C)(C)C(C)(C)C(F)(F)F.CC(C)C(C)(C)C(C)C(F)(F)F.CC(C)C(C)(C)C(F)(F)F.CC(C)CC(C(F)(F)F)C(F)(F)F.CC(C)[C@@H](C)C(C)C(F)(F)F.CC(C)[C@@H](C)C(C)C(F)(F)F.CCC(C)(C)CC(F)(F)F.CCC(C)[C@@H](C)C(F)(F)F.CCC(CC)CC(F)(F)F.CCCC(C)(C)C(F)(F)F.CCCCC(C(F)(F)F)C(F)(F)F.CC[C@H](C)C(C)C(F)(F)F. The van der Waals surface area contributed by atoms with Gasteiger partial charge in [-0.15, -0.1) is 0 Å². The van der Waals surface area contributed by atoms with Gasteiger partial charge in [-0.3, -0.25) is 0 Å². The van der Waals surface area contributed by atoms with Crippen molar-refractivity contribution in [3.05, 3.63) is 0 Å². The summed E-state index contributed by atoms with van der Waals surface area (Å²) in [6.07, 6.45) is -64.4. The molecule has 0 bridgehead atoms. The molecule has 0 aromatic heterocycles. The maximum Gasteiger partial charge on any atom is 0.400 e. The van der Waals surface area contributed by atoms with Gasteiger partial charge >= 0.3 is 92.6 Å². The Balaban J connectivity index is -0.000000116. The van der Waals surface area contributed by atoms with E-state index in [4.69, 9.17) is 0 Å². The Morgan fingerprint density at radius 2 is 0.514 bits per heavy atom. The molecule has 0 aromatic carbocycles. The standard InChI is InChI=1S/C9H17F3.4C8H15F3.2C7H10F6.6C7H13F3/c1-6(2)8(4,5)7(3)9(10,11)12;2*1-6(2,3)7(4,5)8(9,10)11;2*1-5(2)6(3)7(4)8(9,10)11;1-4(2)3-5(6(8,9)10)7(11,12)13;1-2-3-4-5(6(8,9)10)7(11,12)13;1-5(2)6(3,4)7(8,9)10;1-4-6(2,3)5-7(8,9)10;1-4-5-6(2,3)7(8,9)10;2*1-4-5(2)6(3)7(8,9)10;1-3-6(4-2)5-7(8,9)10/h6-7H,1-5H3;2*1-5H3;2*5-7H,1-4H3;4-5H,3H2,1-2H3;5H,2-4H2,1H3;5H,1-4H3;2*4-5H2,1-3H3;2*5-6H,4H2,1-3H3;6H,3-5H2,1-2H3/t;;;2*6-,7?;;;;;;5?,6-;5-,6?;/m...11.....10./s1. The number of halogens is 45. The minimum atomic E-state index is -5.19. The van der Waals surface area contributed by atoms with Gasteiger partial charge in [0.25, 0.3) is 0 Å². The predicted molar refractivity (Wildman–Crippen MR) is 479 cm³/mol. The first-order chi connectivity index (χ1) is 60.9. The lowest BCUT2D eigenvalue weighted by Gasteiger charge is -2.40. The van der Waals surface area contributed by atoms with Gasteiger partial charge in [-0.2, -0.15) is 198 Å². The van der Waals surface area contributed by atoms with E-state index in [9.17, 15) is 198 Å².